The van der Waals surface area contributed by atoms with Crippen LogP contribution in [0.4, 0.5) is 11.5 Å². The molecule has 0 bridgehead atoms. The van der Waals surface area contributed by atoms with Crippen LogP contribution in [0, 0.1) is 5.92 Å². The van der Waals surface area contributed by atoms with Crippen LogP contribution in [0.5, 0.6) is 0 Å². The lowest BCUT2D eigenvalue weighted by molar-refractivity contribution is 0.685. The fourth-order valence-corrected chi connectivity index (χ4v) is 1.95. The van der Waals surface area contributed by atoms with E-state index >= 15 is 0 Å². The minimum absolute atomic E-state index is 0.287. The minimum Gasteiger partial charge on any atom is -0.369 e. The number of aromatic nitrogens is 2. The summed E-state index contributed by atoms with van der Waals surface area (Å²) in [7, 11) is 0. The summed E-state index contributed by atoms with van der Waals surface area (Å²) >= 11 is 0. The number of nitrogens with two attached hydrogens (primary N) is 1. The second-order valence-corrected chi connectivity index (χ2v) is 5.07. The van der Waals surface area contributed by atoms with Crippen LogP contribution in [0.3, 0.4) is 0 Å². The Kier molecular flexibility index (Phi) is 3.78. The van der Waals surface area contributed by atoms with Crippen LogP contribution in [0.1, 0.15) is 20.3 Å². The number of rotatable bonds is 4. The molecule has 17 heavy (non-hydrogen) atoms. The molecule has 94 valence electrons. The zero-order valence-electron chi connectivity index (χ0n) is 10.6. The van der Waals surface area contributed by atoms with Crippen molar-refractivity contribution in [2.75, 3.05) is 29.9 Å². The van der Waals surface area contributed by atoms with E-state index in [1.165, 1.54) is 0 Å². The van der Waals surface area contributed by atoms with E-state index in [0.717, 1.165) is 37.6 Å². The van der Waals surface area contributed by atoms with Crippen LogP contribution in [0.25, 0.3) is 0 Å². The molecule has 1 atom stereocenters. The molecule has 0 saturated carbocycles. The Balaban J connectivity index is 2.01. The highest BCUT2D eigenvalue weighted by atomic mass is 15.2. The van der Waals surface area contributed by atoms with Gasteiger partial charge < -0.3 is 16.0 Å². The van der Waals surface area contributed by atoms with Gasteiger partial charge in [0, 0.05) is 31.7 Å². The van der Waals surface area contributed by atoms with Crippen molar-refractivity contribution in [3.8, 4) is 0 Å². The molecule has 5 heteroatoms. The highest BCUT2D eigenvalue weighted by Gasteiger charge is 2.19. The predicted molar refractivity (Wildman–Crippen MR) is 70.2 cm³/mol. The number of nitrogens with zero attached hydrogens (tertiary/aromatic N) is 3. The molecule has 0 amide bonds. The van der Waals surface area contributed by atoms with Crippen LogP contribution in [-0.2, 0) is 0 Å². The first kappa shape index (κ1) is 12.1. The van der Waals surface area contributed by atoms with Gasteiger partial charge in [-0.25, -0.2) is 0 Å². The summed E-state index contributed by atoms with van der Waals surface area (Å²) in [6, 6.07) is 2.34. The molecular weight excluding hydrogens is 214 g/mol. The van der Waals surface area contributed by atoms with Gasteiger partial charge in [0.15, 0.2) is 5.82 Å². The van der Waals surface area contributed by atoms with Crippen molar-refractivity contribution in [1.82, 2.24) is 10.2 Å². The lowest BCUT2D eigenvalue weighted by Gasteiger charge is -2.18. The Morgan fingerprint density at radius 2 is 2.41 bits per heavy atom. The van der Waals surface area contributed by atoms with E-state index in [9.17, 15) is 0 Å². The third-order valence-corrected chi connectivity index (χ3v) is 2.92. The summed E-state index contributed by atoms with van der Waals surface area (Å²) in [5.74, 6) is 1.44. The standard InChI is InChI=1S/C12H21N5/c1-9(2)6-14-12-5-11(7-15-16-12)17-4-3-10(13)8-17/h5,7,9-10H,3-4,6,8,13H2,1-2H3,(H,14,16). The Labute approximate surface area is 102 Å². The fraction of sp³-hybridized carbons (Fsp3) is 0.667. The molecule has 1 aliphatic heterocycles. The largest absolute Gasteiger partial charge is 0.369 e. The smallest absolute Gasteiger partial charge is 0.150 e. The lowest BCUT2D eigenvalue weighted by Crippen LogP contribution is -2.26. The molecule has 5 nitrogen and oxygen atoms in total. The van der Waals surface area contributed by atoms with Crippen LogP contribution in [-0.4, -0.2) is 35.9 Å². The first-order chi connectivity index (χ1) is 8.15. The third kappa shape index (κ3) is 3.30. The Morgan fingerprint density at radius 1 is 1.59 bits per heavy atom. The Bertz CT molecular complexity index is 366. The fourth-order valence-electron chi connectivity index (χ4n) is 1.95. The number of hydrogen-bond acceptors (Lipinski definition) is 5. The van der Waals surface area contributed by atoms with E-state index < -0.39 is 0 Å². The van der Waals surface area contributed by atoms with E-state index in [2.05, 4.69) is 34.3 Å². The molecule has 0 aliphatic carbocycles. The third-order valence-electron chi connectivity index (χ3n) is 2.92. The average molecular weight is 235 g/mol. The normalized spacial score (nSPS) is 20.0. The number of nitrogens with one attached hydrogen (secondary N) is 1. The van der Waals surface area contributed by atoms with E-state index in [1.54, 1.807) is 6.20 Å². The molecule has 0 aromatic carbocycles. The van der Waals surface area contributed by atoms with Gasteiger partial charge in [-0.1, -0.05) is 13.8 Å². The van der Waals surface area contributed by atoms with Crippen molar-refractivity contribution in [2.45, 2.75) is 26.3 Å². The maximum absolute atomic E-state index is 5.91. The quantitative estimate of drug-likeness (QED) is 0.817. The predicted octanol–water partition coefficient (Wildman–Crippen LogP) is 1.08. The van der Waals surface area contributed by atoms with Gasteiger partial charge in [-0.3, -0.25) is 0 Å². The van der Waals surface area contributed by atoms with Gasteiger partial charge in [-0.05, 0) is 12.3 Å². The zero-order valence-corrected chi connectivity index (χ0v) is 10.6. The molecule has 1 aliphatic rings. The SMILES string of the molecule is CC(C)CNc1cc(N2CCC(N)C2)cnn1. The van der Waals surface area contributed by atoms with Crippen molar-refractivity contribution in [3.63, 3.8) is 0 Å². The molecule has 2 heterocycles. The summed E-state index contributed by atoms with van der Waals surface area (Å²) in [6.45, 7) is 7.18. The molecule has 1 saturated heterocycles. The van der Waals surface area contributed by atoms with E-state index in [4.69, 9.17) is 5.73 Å². The molecule has 2 rings (SSSR count). The Hall–Kier alpha value is -1.36. The van der Waals surface area contributed by atoms with Crippen LogP contribution in [0.2, 0.25) is 0 Å². The van der Waals surface area contributed by atoms with E-state index in [-0.39, 0.29) is 6.04 Å². The summed E-state index contributed by atoms with van der Waals surface area (Å²) in [5.41, 5.74) is 7.02. The molecule has 0 spiro atoms. The number of anilines is 2. The lowest BCUT2D eigenvalue weighted by atomic mass is 10.2. The molecule has 0 radical (unpaired) electrons. The maximum Gasteiger partial charge on any atom is 0.150 e. The van der Waals surface area contributed by atoms with Gasteiger partial charge in [0.25, 0.3) is 0 Å². The molecule has 3 N–H and O–H groups in total. The van der Waals surface area contributed by atoms with Gasteiger partial charge in [-0.15, -0.1) is 5.10 Å². The molecule has 1 fully saturated rings. The van der Waals surface area contributed by atoms with Crippen molar-refractivity contribution >= 4 is 11.5 Å². The molecular formula is C12H21N5. The van der Waals surface area contributed by atoms with E-state index in [0.29, 0.717) is 5.92 Å². The zero-order chi connectivity index (χ0) is 12.3. The van der Waals surface area contributed by atoms with Crippen LogP contribution < -0.4 is 16.0 Å². The van der Waals surface area contributed by atoms with Gasteiger partial charge in [0.2, 0.25) is 0 Å². The first-order valence-corrected chi connectivity index (χ1v) is 6.22. The van der Waals surface area contributed by atoms with Crippen LogP contribution >= 0.6 is 0 Å². The highest BCUT2D eigenvalue weighted by molar-refractivity contribution is 5.52. The summed E-state index contributed by atoms with van der Waals surface area (Å²) < 4.78 is 0. The molecule has 1 aromatic rings. The van der Waals surface area contributed by atoms with Crippen molar-refractivity contribution in [1.29, 1.82) is 0 Å². The Morgan fingerprint density at radius 3 is 3.06 bits per heavy atom. The summed E-state index contributed by atoms with van der Waals surface area (Å²) in [4.78, 5) is 2.26. The highest BCUT2D eigenvalue weighted by Crippen LogP contribution is 2.20. The van der Waals surface area contributed by atoms with Crippen LogP contribution in [0.15, 0.2) is 12.3 Å². The average Bonchev–Trinajstić information content (AvgIpc) is 2.74. The van der Waals surface area contributed by atoms with Crippen molar-refractivity contribution in [2.24, 2.45) is 11.7 Å². The van der Waals surface area contributed by atoms with Crippen molar-refractivity contribution < 1.29 is 0 Å². The summed E-state index contributed by atoms with van der Waals surface area (Å²) in [5, 5.41) is 11.4. The molecule has 1 unspecified atom stereocenters. The topological polar surface area (TPSA) is 67.1 Å². The maximum atomic E-state index is 5.91. The van der Waals surface area contributed by atoms with Gasteiger partial charge in [0.05, 0.1) is 11.9 Å². The minimum atomic E-state index is 0.287. The number of hydrogen-bond donors (Lipinski definition) is 2. The molecule has 1 aromatic heterocycles. The van der Waals surface area contributed by atoms with Crippen molar-refractivity contribution in [3.05, 3.63) is 12.3 Å². The monoisotopic (exact) mass is 235 g/mol. The van der Waals surface area contributed by atoms with Gasteiger partial charge in [0.1, 0.15) is 0 Å². The van der Waals surface area contributed by atoms with Gasteiger partial charge in [-0.2, -0.15) is 5.10 Å². The second kappa shape index (κ2) is 5.31. The summed E-state index contributed by atoms with van der Waals surface area (Å²) in [6.07, 6.45) is 2.86. The van der Waals surface area contributed by atoms with Gasteiger partial charge >= 0.3 is 0 Å². The van der Waals surface area contributed by atoms with E-state index in [1.807, 2.05) is 6.07 Å². The second-order valence-electron chi connectivity index (χ2n) is 5.07. The first-order valence-electron chi connectivity index (χ1n) is 6.22.